The molecule has 2 heterocycles. The smallest absolute Gasteiger partial charge is 0.329 e. The van der Waals surface area contributed by atoms with E-state index in [4.69, 9.17) is 14.6 Å². The quantitative estimate of drug-likeness (QED) is 0.792. The van der Waals surface area contributed by atoms with Gasteiger partial charge in [-0.25, -0.2) is 4.79 Å². The first-order valence-electron chi connectivity index (χ1n) is 6.30. The molecule has 1 fully saturated rings. The molecule has 0 unspecified atom stereocenters. The molecule has 0 aromatic carbocycles. The Morgan fingerprint density at radius 1 is 1.50 bits per heavy atom. The minimum Gasteiger partial charge on any atom is -0.480 e. The van der Waals surface area contributed by atoms with E-state index in [1.165, 1.54) is 6.20 Å². The number of amides is 1. The summed E-state index contributed by atoms with van der Waals surface area (Å²) in [6.45, 7) is 0.393. The van der Waals surface area contributed by atoms with E-state index in [9.17, 15) is 9.59 Å². The van der Waals surface area contributed by atoms with E-state index in [1.807, 2.05) is 0 Å². The van der Waals surface area contributed by atoms with Crippen molar-refractivity contribution in [3.63, 3.8) is 0 Å². The molecule has 0 spiro atoms. The second kappa shape index (κ2) is 6.97. The van der Waals surface area contributed by atoms with Crippen LogP contribution in [0.1, 0.15) is 16.9 Å². The van der Waals surface area contributed by atoms with Gasteiger partial charge in [-0.2, -0.15) is 0 Å². The second-order valence-corrected chi connectivity index (χ2v) is 4.40. The van der Waals surface area contributed by atoms with Gasteiger partial charge in [0.2, 0.25) is 0 Å². The topological polar surface area (TPSA) is 97.8 Å². The van der Waals surface area contributed by atoms with Gasteiger partial charge in [-0.1, -0.05) is 6.07 Å². The molecule has 7 nitrogen and oxygen atoms in total. The van der Waals surface area contributed by atoms with Crippen LogP contribution in [0.3, 0.4) is 0 Å². The highest BCUT2D eigenvalue weighted by molar-refractivity contribution is 5.92. The number of carbonyl (C=O) groups is 2. The molecule has 108 valence electrons. The predicted molar refractivity (Wildman–Crippen MR) is 68.3 cm³/mol. The minimum absolute atomic E-state index is 0.295. The number of carboxylic acids is 1. The SMILES string of the molecule is O=C(O)CO[C@@H]1CCOC[C@@H]1NC(=O)c1ccccn1. The van der Waals surface area contributed by atoms with Crippen LogP contribution in [-0.4, -0.2) is 53.9 Å². The first kappa shape index (κ1) is 14.4. The number of nitrogens with zero attached hydrogens (tertiary/aromatic N) is 1. The molecule has 0 bridgehead atoms. The van der Waals surface area contributed by atoms with Gasteiger partial charge in [0.15, 0.2) is 0 Å². The van der Waals surface area contributed by atoms with E-state index in [1.54, 1.807) is 18.2 Å². The Morgan fingerprint density at radius 2 is 2.35 bits per heavy atom. The van der Waals surface area contributed by atoms with Crippen molar-refractivity contribution in [3.8, 4) is 0 Å². The third kappa shape index (κ3) is 4.01. The summed E-state index contributed by atoms with van der Waals surface area (Å²) in [5.74, 6) is -1.36. The maximum atomic E-state index is 12.0. The fourth-order valence-corrected chi connectivity index (χ4v) is 1.97. The zero-order chi connectivity index (χ0) is 14.4. The molecule has 1 aliphatic rings. The van der Waals surface area contributed by atoms with E-state index >= 15 is 0 Å². The lowest BCUT2D eigenvalue weighted by Crippen LogP contribution is -2.51. The number of carboxylic acid groups (broad SMARTS) is 1. The molecule has 1 saturated heterocycles. The lowest BCUT2D eigenvalue weighted by Gasteiger charge is -2.31. The minimum atomic E-state index is -1.04. The number of rotatable bonds is 5. The highest BCUT2D eigenvalue weighted by Crippen LogP contribution is 2.12. The van der Waals surface area contributed by atoms with Crippen molar-refractivity contribution in [1.82, 2.24) is 10.3 Å². The van der Waals surface area contributed by atoms with E-state index < -0.39 is 5.97 Å². The van der Waals surface area contributed by atoms with Crippen LogP contribution in [0.4, 0.5) is 0 Å². The number of hydrogen-bond donors (Lipinski definition) is 2. The maximum absolute atomic E-state index is 12.0. The summed E-state index contributed by atoms with van der Waals surface area (Å²) < 4.78 is 10.6. The van der Waals surface area contributed by atoms with Gasteiger partial charge in [0, 0.05) is 12.8 Å². The first-order chi connectivity index (χ1) is 9.66. The molecule has 2 N–H and O–H groups in total. The number of pyridine rings is 1. The summed E-state index contributed by atoms with van der Waals surface area (Å²) in [4.78, 5) is 26.5. The van der Waals surface area contributed by atoms with Crippen molar-refractivity contribution in [2.45, 2.75) is 18.6 Å². The molecule has 0 radical (unpaired) electrons. The summed E-state index contributed by atoms with van der Waals surface area (Å²) in [5.41, 5.74) is 0.301. The van der Waals surface area contributed by atoms with Crippen LogP contribution in [0.5, 0.6) is 0 Å². The first-order valence-corrected chi connectivity index (χ1v) is 6.30. The van der Waals surface area contributed by atoms with Crippen molar-refractivity contribution in [1.29, 1.82) is 0 Å². The van der Waals surface area contributed by atoms with Crippen LogP contribution >= 0.6 is 0 Å². The zero-order valence-electron chi connectivity index (χ0n) is 10.8. The fourth-order valence-electron chi connectivity index (χ4n) is 1.97. The highest BCUT2D eigenvalue weighted by Gasteiger charge is 2.29. The van der Waals surface area contributed by atoms with Gasteiger partial charge in [0.25, 0.3) is 5.91 Å². The van der Waals surface area contributed by atoms with Gasteiger partial charge in [-0.3, -0.25) is 9.78 Å². The number of carbonyl (C=O) groups excluding carboxylic acids is 1. The molecule has 1 aromatic heterocycles. The molecule has 1 amide bonds. The summed E-state index contributed by atoms with van der Waals surface area (Å²) in [6, 6.07) is 4.67. The van der Waals surface area contributed by atoms with Crippen molar-refractivity contribution >= 4 is 11.9 Å². The predicted octanol–water partition coefficient (Wildman–Crippen LogP) is 0.0701. The highest BCUT2D eigenvalue weighted by atomic mass is 16.5. The second-order valence-electron chi connectivity index (χ2n) is 4.40. The fraction of sp³-hybridized carbons (Fsp3) is 0.462. The van der Waals surface area contributed by atoms with E-state index in [0.717, 1.165) is 0 Å². The van der Waals surface area contributed by atoms with Crippen LogP contribution in [0.25, 0.3) is 0 Å². The van der Waals surface area contributed by atoms with Crippen molar-refractivity contribution in [2.24, 2.45) is 0 Å². The number of hydrogen-bond acceptors (Lipinski definition) is 5. The molecular formula is C13H16N2O5. The monoisotopic (exact) mass is 280 g/mol. The van der Waals surface area contributed by atoms with Crippen LogP contribution in [-0.2, 0) is 14.3 Å². The summed E-state index contributed by atoms with van der Waals surface area (Å²) in [7, 11) is 0. The van der Waals surface area contributed by atoms with Crippen LogP contribution in [0.2, 0.25) is 0 Å². The summed E-state index contributed by atoms with van der Waals surface area (Å²) in [6.07, 6.45) is 1.71. The molecule has 0 saturated carbocycles. The lowest BCUT2D eigenvalue weighted by molar-refractivity contribution is -0.147. The molecule has 1 aromatic rings. The molecule has 2 atom stereocenters. The van der Waals surface area contributed by atoms with Gasteiger partial charge < -0.3 is 19.9 Å². The molecule has 20 heavy (non-hydrogen) atoms. The maximum Gasteiger partial charge on any atom is 0.329 e. The van der Waals surface area contributed by atoms with Crippen LogP contribution < -0.4 is 5.32 Å². The number of nitrogens with one attached hydrogen (secondary N) is 1. The van der Waals surface area contributed by atoms with Gasteiger partial charge in [0.05, 0.1) is 18.8 Å². The molecular weight excluding hydrogens is 264 g/mol. The number of aliphatic carboxylic acids is 1. The molecule has 7 heteroatoms. The van der Waals surface area contributed by atoms with E-state index in [2.05, 4.69) is 10.3 Å². The Hall–Kier alpha value is -1.99. The average Bonchev–Trinajstić information content (AvgIpc) is 2.47. The Morgan fingerprint density at radius 3 is 3.05 bits per heavy atom. The third-order valence-corrected chi connectivity index (χ3v) is 2.93. The summed E-state index contributed by atoms with van der Waals surface area (Å²) >= 11 is 0. The van der Waals surface area contributed by atoms with E-state index in [0.29, 0.717) is 25.3 Å². The van der Waals surface area contributed by atoms with Crippen molar-refractivity contribution < 1.29 is 24.2 Å². The Balaban J connectivity index is 1.94. The normalized spacial score (nSPS) is 22.2. The summed E-state index contributed by atoms with van der Waals surface area (Å²) in [5, 5.41) is 11.4. The molecule has 2 rings (SSSR count). The lowest BCUT2D eigenvalue weighted by atomic mass is 10.1. The third-order valence-electron chi connectivity index (χ3n) is 2.93. The van der Waals surface area contributed by atoms with Gasteiger partial charge in [-0.15, -0.1) is 0 Å². The molecule has 0 aliphatic carbocycles. The zero-order valence-corrected chi connectivity index (χ0v) is 10.8. The average molecular weight is 280 g/mol. The number of ether oxygens (including phenoxy) is 2. The van der Waals surface area contributed by atoms with Crippen molar-refractivity contribution in [2.75, 3.05) is 19.8 Å². The Labute approximate surface area is 115 Å². The Kier molecular flexibility index (Phi) is 5.03. The van der Waals surface area contributed by atoms with Gasteiger partial charge >= 0.3 is 5.97 Å². The van der Waals surface area contributed by atoms with Gasteiger partial charge in [-0.05, 0) is 18.6 Å². The Bertz CT molecular complexity index is 465. The largest absolute Gasteiger partial charge is 0.480 e. The van der Waals surface area contributed by atoms with Crippen LogP contribution in [0, 0.1) is 0 Å². The molecule has 1 aliphatic heterocycles. The van der Waals surface area contributed by atoms with E-state index in [-0.39, 0.29) is 24.7 Å². The standard InChI is InChI=1S/C13H16N2O5/c16-12(17)8-20-11-4-6-19-7-10(11)15-13(18)9-3-1-2-5-14-9/h1-3,5,10-11H,4,6-8H2,(H,15,18)(H,16,17)/t10-,11+/m0/s1. The van der Waals surface area contributed by atoms with Crippen molar-refractivity contribution in [3.05, 3.63) is 30.1 Å². The number of aromatic nitrogens is 1. The van der Waals surface area contributed by atoms with Gasteiger partial charge in [0.1, 0.15) is 12.3 Å². The van der Waals surface area contributed by atoms with Crippen LogP contribution in [0.15, 0.2) is 24.4 Å².